The zero-order chi connectivity index (χ0) is 22.8. The van der Waals surface area contributed by atoms with E-state index in [2.05, 4.69) is 51.7 Å². The molecule has 4 aromatic rings. The number of amides is 1. The third-order valence-corrected chi connectivity index (χ3v) is 8.12. The minimum Gasteiger partial charge on any atom is -0.349 e. The van der Waals surface area contributed by atoms with Crippen LogP contribution in [0.5, 0.6) is 0 Å². The van der Waals surface area contributed by atoms with Gasteiger partial charge in [-0.2, -0.15) is 0 Å². The maximum absolute atomic E-state index is 12.6. The molecule has 33 heavy (non-hydrogen) atoms. The Morgan fingerprint density at radius 3 is 2.67 bits per heavy atom. The van der Waals surface area contributed by atoms with Crippen LogP contribution in [-0.2, 0) is 23.4 Å². The van der Waals surface area contributed by atoms with Crippen LogP contribution in [0, 0.1) is 0 Å². The molecular formula is C26H25N3O2S2. The van der Waals surface area contributed by atoms with Crippen LogP contribution in [0.4, 0.5) is 0 Å². The number of carbonyl (C=O) groups excluding carboxylic acids is 1. The lowest BCUT2D eigenvalue weighted by molar-refractivity contribution is -0.119. The number of H-pyrrole nitrogens is 1. The van der Waals surface area contributed by atoms with E-state index in [-0.39, 0.29) is 17.5 Å². The summed E-state index contributed by atoms with van der Waals surface area (Å²) >= 11 is 3.10. The van der Waals surface area contributed by atoms with Crippen molar-refractivity contribution in [2.75, 3.05) is 5.75 Å². The van der Waals surface area contributed by atoms with Crippen LogP contribution >= 0.6 is 23.1 Å². The molecule has 2 heterocycles. The molecule has 2 aromatic carbocycles. The van der Waals surface area contributed by atoms with Crippen LogP contribution in [0.15, 0.2) is 59.4 Å². The molecule has 1 unspecified atom stereocenters. The topological polar surface area (TPSA) is 74.8 Å². The maximum Gasteiger partial charge on any atom is 0.259 e. The molecule has 0 saturated heterocycles. The Morgan fingerprint density at radius 2 is 1.88 bits per heavy atom. The molecule has 0 bridgehead atoms. The van der Waals surface area contributed by atoms with Crippen LogP contribution in [0.25, 0.3) is 21.3 Å². The number of nitrogens with one attached hydrogen (secondary N) is 2. The number of hydrogen-bond donors (Lipinski definition) is 2. The van der Waals surface area contributed by atoms with Crippen LogP contribution in [-0.4, -0.2) is 21.6 Å². The molecule has 5 nitrogen and oxygen atoms in total. The lowest BCUT2D eigenvalue weighted by Crippen LogP contribution is -2.28. The first-order chi connectivity index (χ1) is 16.1. The Labute approximate surface area is 200 Å². The Bertz CT molecular complexity index is 1340. The number of thiophene rings is 1. The summed E-state index contributed by atoms with van der Waals surface area (Å²) in [5, 5.41) is 3.83. The summed E-state index contributed by atoms with van der Waals surface area (Å²) in [5.41, 5.74) is 4.53. The molecule has 0 spiro atoms. The number of rotatable bonds is 7. The van der Waals surface area contributed by atoms with Crippen molar-refractivity contribution < 1.29 is 4.79 Å². The van der Waals surface area contributed by atoms with Gasteiger partial charge in [-0.1, -0.05) is 54.6 Å². The van der Waals surface area contributed by atoms with Gasteiger partial charge in [0.05, 0.1) is 22.9 Å². The number of aromatic amines is 1. The van der Waals surface area contributed by atoms with Gasteiger partial charge < -0.3 is 10.3 Å². The quantitative estimate of drug-likeness (QED) is 0.383. The van der Waals surface area contributed by atoms with Gasteiger partial charge in [0.25, 0.3) is 5.56 Å². The summed E-state index contributed by atoms with van der Waals surface area (Å²) in [4.78, 5) is 34.7. The fraction of sp³-hybridized carbons (Fsp3) is 0.269. The van der Waals surface area contributed by atoms with E-state index < -0.39 is 0 Å². The van der Waals surface area contributed by atoms with Crippen LogP contribution in [0.2, 0.25) is 0 Å². The Kier molecular flexibility index (Phi) is 6.33. The molecule has 1 aliphatic carbocycles. The Morgan fingerprint density at radius 1 is 1.12 bits per heavy atom. The fourth-order valence-corrected chi connectivity index (χ4v) is 6.30. The minimum absolute atomic E-state index is 0.0295. The molecule has 168 valence electrons. The van der Waals surface area contributed by atoms with Gasteiger partial charge in [0.15, 0.2) is 0 Å². The van der Waals surface area contributed by atoms with Crippen LogP contribution in [0.1, 0.15) is 41.2 Å². The number of carbonyl (C=O) groups is 1. The van der Waals surface area contributed by atoms with Crippen molar-refractivity contribution in [3.8, 4) is 11.1 Å². The minimum atomic E-state index is -0.0780. The summed E-state index contributed by atoms with van der Waals surface area (Å²) in [6.45, 7) is 1.99. The molecule has 1 atom stereocenters. The van der Waals surface area contributed by atoms with Gasteiger partial charge in [-0.05, 0) is 48.4 Å². The van der Waals surface area contributed by atoms with Gasteiger partial charge in [0, 0.05) is 4.88 Å². The highest BCUT2D eigenvalue weighted by Crippen LogP contribution is 2.34. The van der Waals surface area contributed by atoms with Gasteiger partial charge in [0.2, 0.25) is 5.91 Å². The van der Waals surface area contributed by atoms with Crippen molar-refractivity contribution in [2.24, 2.45) is 0 Å². The molecule has 7 heteroatoms. The molecular weight excluding hydrogens is 450 g/mol. The second kappa shape index (κ2) is 9.53. The predicted molar refractivity (Wildman–Crippen MR) is 137 cm³/mol. The van der Waals surface area contributed by atoms with E-state index in [9.17, 15) is 9.59 Å². The SMILES string of the molecule is CC(NC(=O)CSCc1nc2sc3c(c2c(=O)[nH]1)CCC3)c1ccc(-c2ccccc2)cc1. The first kappa shape index (κ1) is 21.9. The van der Waals surface area contributed by atoms with Gasteiger partial charge in [-0.15, -0.1) is 23.1 Å². The normalized spacial score (nSPS) is 13.7. The smallest absolute Gasteiger partial charge is 0.259 e. The Balaban J connectivity index is 1.15. The number of fused-ring (bicyclic) bond motifs is 3. The predicted octanol–water partition coefficient (Wildman–Crippen LogP) is 5.25. The largest absolute Gasteiger partial charge is 0.349 e. The molecule has 1 aliphatic rings. The second-order valence-electron chi connectivity index (χ2n) is 8.32. The summed E-state index contributed by atoms with van der Waals surface area (Å²) < 4.78 is 0. The van der Waals surface area contributed by atoms with Gasteiger partial charge in [0.1, 0.15) is 10.7 Å². The van der Waals surface area contributed by atoms with Crippen molar-refractivity contribution >= 4 is 39.2 Å². The second-order valence-corrected chi connectivity index (χ2v) is 10.4. The standard InChI is InChI=1S/C26H25N3O2S2/c1-16(17-10-12-19(13-11-17)18-6-3-2-4-7-18)27-23(30)15-32-14-22-28-25(31)24-20-8-5-9-21(20)33-26(24)29-22/h2-4,6-7,10-13,16H,5,8-9,14-15H2,1H3,(H,27,30)(H,28,29,31). The van der Waals surface area contributed by atoms with E-state index in [1.165, 1.54) is 27.8 Å². The zero-order valence-corrected chi connectivity index (χ0v) is 20.0. The first-order valence-corrected chi connectivity index (χ1v) is 13.1. The molecule has 1 amide bonds. The highest BCUT2D eigenvalue weighted by atomic mass is 32.2. The van der Waals surface area contributed by atoms with E-state index in [0.29, 0.717) is 17.3 Å². The molecule has 0 aliphatic heterocycles. The molecule has 0 fully saturated rings. The maximum atomic E-state index is 12.6. The van der Waals surface area contributed by atoms with E-state index in [4.69, 9.17) is 0 Å². The molecule has 2 aromatic heterocycles. The van der Waals surface area contributed by atoms with E-state index in [1.807, 2.05) is 25.1 Å². The average Bonchev–Trinajstić information content (AvgIpc) is 3.41. The molecule has 0 saturated carbocycles. The van der Waals surface area contributed by atoms with Gasteiger partial charge >= 0.3 is 0 Å². The number of aryl methyl sites for hydroxylation is 2. The lowest BCUT2D eigenvalue weighted by atomic mass is 10.0. The van der Waals surface area contributed by atoms with Crippen molar-refractivity contribution in [3.05, 3.63) is 86.8 Å². The number of thioether (sulfide) groups is 1. The van der Waals surface area contributed by atoms with E-state index in [1.54, 1.807) is 11.3 Å². The summed E-state index contributed by atoms with van der Waals surface area (Å²) in [6, 6.07) is 18.4. The third-order valence-electron chi connectivity index (χ3n) is 5.99. The van der Waals surface area contributed by atoms with Crippen LogP contribution < -0.4 is 10.9 Å². The van der Waals surface area contributed by atoms with Gasteiger partial charge in [-0.3, -0.25) is 9.59 Å². The highest BCUT2D eigenvalue weighted by Gasteiger charge is 2.21. The van der Waals surface area contributed by atoms with E-state index in [0.717, 1.165) is 40.6 Å². The summed E-state index contributed by atoms with van der Waals surface area (Å²) in [6.07, 6.45) is 3.15. The zero-order valence-electron chi connectivity index (χ0n) is 18.4. The third kappa shape index (κ3) is 4.75. The number of hydrogen-bond acceptors (Lipinski definition) is 5. The number of benzene rings is 2. The van der Waals surface area contributed by atoms with Crippen LogP contribution in [0.3, 0.4) is 0 Å². The summed E-state index contributed by atoms with van der Waals surface area (Å²) in [7, 11) is 0. The van der Waals surface area contributed by atoms with E-state index >= 15 is 0 Å². The van der Waals surface area contributed by atoms with Gasteiger partial charge in [-0.25, -0.2) is 4.98 Å². The van der Waals surface area contributed by atoms with Crippen molar-refractivity contribution in [3.63, 3.8) is 0 Å². The molecule has 5 rings (SSSR count). The van der Waals surface area contributed by atoms with Crippen molar-refractivity contribution in [2.45, 2.75) is 38.0 Å². The number of aromatic nitrogens is 2. The summed E-state index contributed by atoms with van der Waals surface area (Å²) in [5.74, 6) is 1.42. The monoisotopic (exact) mass is 475 g/mol. The Hall–Kier alpha value is -2.90. The van der Waals surface area contributed by atoms with Crippen molar-refractivity contribution in [1.82, 2.24) is 15.3 Å². The van der Waals surface area contributed by atoms with Crippen molar-refractivity contribution in [1.29, 1.82) is 0 Å². The number of nitrogens with zero attached hydrogens (tertiary/aromatic N) is 1. The molecule has 2 N–H and O–H groups in total. The highest BCUT2D eigenvalue weighted by molar-refractivity contribution is 7.99. The molecule has 0 radical (unpaired) electrons. The first-order valence-electron chi connectivity index (χ1n) is 11.1. The lowest BCUT2D eigenvalue weighted by Gasteiger charge is -2.15. The fourth-order valence-electron chi connectivity index (χ4n) is 4.32. The average molecular weight is 476 g/mol.